The number of anilines is 1. The van der Waals surface area contributed by atoms with Gasteiger partial charge in [-0.3, -0.25) is 0 Å². The van der Waals surface area contributed by atoms with Crippen molar-refractivity contribution < 1.29 is 18.3 Å². The average Bonchev–Trinajstić information content (AvgIpc) is 2.54. The van der Waals surface area contributed by atoms with Gasteiger partial charge in [0.15, 0.2) is 9.84 Å². The third kappa shape index (κ3) is 3.48. The lowest BCUT2D eigenvalue weighted by Crippen LogP contribution is -2.35. The van der Waals surface area contributed by atoms with Crippen molar-refractivity contribution in [1.29, 1.82) is 0 Å². The molecule has 0 saturated carbocycles. The molecule has 0 unspecified atom stereocenters. The normalized spacial score (nSPS) is 15.7. The number of aliphatic hydroxyl groups is 1. The first-order valence-corrected chi connectivity index (χ1v) is 9.29. The van der Waals surface area contributed by atoms with Crippen molar-refractivity contribution in [2.45, 2.75) is 11.0 Å². The van der Waals surface area contributed by atoms with Crippen LogP contribution in [0.1, 0.15) is 11.7 Å². The highest BCUT2D eigenvalue weighted by atomic mass is 32.2. The first kappa shape index (κ1) is 15.8. The lowest BCUT2D eigenvalue weighted by Gasteiger charge is -2.32. The van der Waals surface area contributed by atoms with Gasteiger partial charge in [0.05, 0.1) is 23.2 Å². The molecule has 2 aromatic carbocycles. The van der Waals surface area contributed by atoms with E-state index >= 15 is 0 Å². The molecule has 1 aliphatic rings. The second-order valence-electron chi connectivity index (χ2n) is 5.62. The van der Waals surface area contributed by atoms with Gasteiger partial charge in [-0.25, -0.2) is 8.42 Å². The summed E-state index contributed by atoms with van der Waals surface area (Å²) < 4.78 is 28.6. The Bertz CT molecular complexity index is 786. The summed E-state index contributed by atoms with van der Waals surface area (Å²) in [5.41, 5.74) is 1.66. The number of rotatable bonds is 4. The molecule has 5 nitrogen and oxygen atoms in total. The molecule has 23 heavy (non-hydrogen) atoms. The highest BCUT2D eigenvalue weighted by Crippen LogP contribution is 2.32. The van der Waals surface area contributed by atoms with Crippen LogP contribution in [0.3, 0.4) is 0 Å². The number of β-amino-alcohol motifs (C(OH)–C–C–N with tert-alkyl or cyclic N) is 1. The summed E-state index contributed by atoms with van der Waals surface area (Å²) in [6.45, 7) is 1.71. The molecule has 0 amide bonds. The van der Waals surface area contributed by atoms with Crippen molar-refractivity contribution in [3.8, 4) is 5.75 Å². The lowest BCUT2D eigenvalue weighted by atomic mass is 10.1. The van der Waals surface area contributed by atoms with Crippen LogP contribution in [-0.2, 0) is 9.84 Å². The maximum Gasteiger partial charge on any atom is 0.175 e. The fourth-order valence-corrected chi connectivity index (χ4v) is 3.30. The molecule has 1 aliphatic heterocycles. The van der Waals surface area contributed by atoms with Crippen LogP contribution in [0.25, 0.3) is 0 Å². The summed E-state index contributed by atoms with van der Waals surface area (Å²) in [7, 11) is -3.22. The van der Waals surface area contributed by atoms with Crippen molar-refractivity contribution in [3.63, 3.8) is 0 Å². The smallest absolute Gasteiger partial charge is 0.175 e. The summed E-state index contributed by atoms with van der Waals surface area (Å²) in [5, 5.41) is 10.5. The molecule has 0 radical (unpaired) electrons. The van der Waals surface area contributed by atoms with E-state index in [9.17, 15) is 13.5 Å². The molecule has 1 atom stereocenters. The van der Waals surface area contributed by atoms with Gasteiger partial charge in [-0.15, -0.1) is 0 Å². The van der Waals surface area contributed by atoms with Crippen LogP contribution in [0.2, 0.25) is 0 Å². The highest BCUT2D eigenvalue weighted by Gasteiger charge is 2.21. The quantitative estimate of drug-likeness (QED) is 0.927. The number of hydrogen-bond acceptors (Lipinski definition) is 5. The van der Waals surface area contributed by atoms with Crippen LogP contribution in [0, 0.1) is 0 Å². The molecular weight excluding hydrogens is 314 g/mol. The van der Waals surface area contributed by atoms with Gasteiger partial charge < -0.3 is 14.7 Å². The Morgan fingerprint density at radius 2 is 1.87 bits per heavy atom. The Morgan fingerprint density at radius 1 is 1.17 bits per heavy atom. The Kier molecular flexibility index (Phi) is 4.28. The molecule has 0 aliphatic carbocycles. The van der Waals surface area contributed by atoms with E-state index < -0.39 is 15.9 Å². The second-order valence-corrected chi connectivity index (χ2v) is 7.63. The van der Waals surface area contributed by atoms with E-state index in [1.807, 2.05) is 24.3 Å². The molecule has 0 aromatic heterocycles. The largest absolute Gasteiger partial charge is 0.490 e. The summed E-state index contributed by atoms with van der Waals surface area (Å²) >= 11 is 0. The van der Waals surface area contributed by atoms with E-state index in [4.69, 9.17) is 4.74 Å². The summed E-state index contributed by atoms with van der Waals surface area (Å²) in [6, 6.07) is 14.1. The van der Waals surface area contributed by atoms with Crippen molar-refractivity contribution >= 4 is 15.5 Å². The fourth-order valence-electron chi connectivity index (χ4n) is 2.67. The molecule has 3 rings (SSSR count). The van der Waals surface area contributed by atoms with Crippen LogP contribution in [0.15, 0.2) is 53.4 Å². The van der Waals surface area contributed by atoms with Crippen LogP contribution < -0.4 is 9.64 Å². The van der Waals surface area contributed by atoms with Crippen LogP contribution >= 0.6 is 0 Å². The Labute approximate surface area is 136 Å². The Balaban J connectivity index is 1.76. The fraction of sp³-hybridized carbons (Fsp3) is 0.294. The predicted octanol–water partition coefficient (Wildman–Crippen LogP) is 2.02. The van der Waals surface area contributed by atoms with Gasteiger partial charge >= 0.3 is 0 Å². The number of benzene rings is 2. The number of hydrogen-bond donors (Lipinski definition) is 1. The minimum atomic E-state index is -3.22. The zero-order valence-electron chi connectivity index (χ0n) is 12.8. The van der Waals surface area contributed by atoms with E-state index in [2.05, 4.69) is 4.90 Å². The molecule has 122 valence electrons. The molecule has 2 aromatic rings. The molecule has 0 fully saturated rings. The van der Waals surface area contributed by atoms with Gasteiger partial charge in [-0.05, 0) is 29.8 Å². The molecule has 0 saturated heterocycles. The Morgan fingerprint density at radius 3 is 2.57 bits per heavy atom. The van der Waals surface area contributed by atoms with Crippen molar-refractivity contribution in [1.82, 2.24) is 0 Å². The topological polar surface area (TPSA) is 66.8 Å². The van der Waals surface area contributed by atoms with Gasteiger partial charge in [0.2, 0.25) is 0 Å². The second kappa shape index (κ2) is 6.22. The zero-order chi connectivity index (χ0) is 16.4. The van der Waals surface area contributed by atoms with Gasteiger partial charge in [-0.1, -0.05) is 24.3 Å². The monoisotopic (exact) mass is 333 g/mol. The van der Waals surface area contributed by atoms with Gasteiger partial charge in [0.25, 0.3) is 0 Å². The van der Waals surface area contributed by atoms with Crippen molar-refractivity contribution in [3.05, 3.63) is 54.1 Å². The molecule has 0 spiro atoms. The molecule has 0 bridgehead atoms. The summed E-state index contributed by atoms with van der Waals surface area (Å²) in [5.74, 6) is 0.818. The zero-order valence-corrected chi connectivity index (χ0v) is 13.7. The number of nitrogens with zero attached hydrogens (tertiary/aromatic N) is 1. The van der Waals surface area contributed by atoms with Gasteiger partial charge in [0, 0.05) is 12.8 Å². The third-order valence-corrected chi connectivity index (χ3v) is 5.04. The molecule has 1 N–H and O–H groups in total. The SMILES string of the molecule is CS(=O)(=O)c1ccc([C@@H](O)CN2CCOc3ccccc32)cc1. The lowest BCUT2D eigenvalue weighted by molar-refractivity contribution is 0.179. The van der Waals surface area contributed by atoms with Crippen molar-refractivity contribution in [2.75, 3.05) is 30.9 Å². The molecular formula is C17H19NO4S. The minimum absolute atomic E-state index is 0.255. The van der Waals surface area contributed by atoms with Crippen LogP contribution in [0.4, 0.5) is 5.69 Å². The van der Waals surface area contributed by atoms with Crippen LogP contribution in [-0.4, -0.2) is 39.5 Å². The number of aliphatic hydroxyl groups excluding tert-OH is 1. The van der Waals surface area contributed by atoms with E-state index in [1.165, 1.54) is 18.4 Å². The van der Waals surface area contributed by atoms with Crippen LogP contribution in [0.5, 0.6) is 5.75 Å². The number of para-hydroxylation sites is 2. The van der Waals surface area contributed by atoms with E-state index in [1.54, 1.807) is 12.1 Å². The Hall–Kier alpha value is -2.05. The third-order valence-electron chi connectivity index (χ3n) is 3.91. The molecule has 6 heteroatoms. The number of sulfone groups is 1. The van der Waals surface area contributed by atoms with Gasteiger partial charge in [0.1, 0.15) is 12.4 Å². The van der Waals surface area contributed by atoms with E-state index in [0.717, 1.165) is 11.4 Å². The first-order chi connectivity index (χ1) is 10.9. The summed E-state index contributed by atoms with van der Waals surface area (Å²) in [4.78, 5) is 2.33. The maximum atomic E-state index is 11.5. The standard InChI is InChI=1S/C17H19NO4S/c1-23(20,21)14-8-6-13(7-9-14)16(19)12-18-10-11-22-17-5-3-2-4-15(17)18/h2-9,16,19H,10-12H2,1H3/t16-/m0/s1. The van der Waals surface area contributed by atoms with E-state index in [-0.39, 0.29) is 4.90 Å². The maximum absolute atomic E-state index is 11.5. The number of ether oxygens (including phenoxy) is 1. The average molecular weight is 333 g/mol. The number of fused-ring (bicyclic) bond motifs is 1. The predicted molar refractivity (Wildman–Crippen MR) is 88.7 cm³/mol. The first-order valence-electron chi connectivity index (χ1n) is 7.40. The van der Waals surface area contributed by atoms with E-state index in [0.29, 0.717) is 25.3 Å². The van der Waals surface area contributed by atoms with Gasteiger partial charge in [-0.2, -0.15) is 0 Å². The summed E-state index contributed by atoms with van der Waals surface area (Å²) in [6.07, 6.45) is 0.470. The molecule has 1 heterocycles. The minimum Gasteiger partial charge on any atom is -0.490 e. The van der Waals surface area contributed by atoms with Crippen molar-refractivity contribution in [2.24, 2.45) is 0 Å². The highest BCUT2D eigenvalue weighted by molar-refractivity contribution is 7.90.